The maximum atomic E-state index is 12.8. The number of nitrogens with zero attached hydrogens (tertiary/aromatic N) is 6. The molecule has 2 aliphatic heterocycles. The van der Waals surface area contributed by atoms with Gasteiger partial charge in [0.1, 0.15) is 17.8 Å². The highest BCUT2D eigenvalue weighted by molar-refractivity contribution is 5.93. The van der Waals surface area contributed by atoms with E-state index >= 15 is 0 Å². The number of hydrogen-bond donors (Lipinski definition) is 0. The molecule has 1 amide bonds. The number of pyridine rings is 1. The predicted octanol–water partition coefficient (Wildman–Crippen LogP) is 1.43. The first-order valence-corrected chi connectivity index (χ1v) is 9.28. The van der Waals surface area contributed by atoms with Gasteiger partial charge in [-0.15, -0.1) is 0 Å². The fourth-order valence-electron chi connectivity index (χ4n) is 3.57. The van der Waals surface area contributed by atoms with Crippen LogP contribution in [-0.2, 0) is 6.54 Å². The van der Waals surface area contributed by atoms with E-state index in [0.29, 0.717) is 18.8 Å². The Balaban J connectivity index is 1.35. The molecule has 26 heavy (non-hydrogen) atoms. The largest absolute Gasteiger partial charge is 0.357 e. The Morgan fingerprint density at radius 2 is 1.77 bits per heavy atom. The van der Waals surface area contributed by atoms with Gasteiger partial charge in [0.15, 0.2) is 0 Å². The van der Waals surface area contributed by atoms with Crippen molar-refractivity contribution in [1.29, 1.82) is 0 Å². The molecule has 4 heterocycles. The lowest BCUT2D eigenvalue weighted by atomic mass is 10.2. The highest BCUT2D eigenvalue weighted by Crippen LogP contribution is 2.18. The SMILES string of the molecule is O=C(c1cc(N2CCCC2)ncn1)N1CCN(Cc2ccccn2)CC1. The number of piperazine rings is 1. The van der Waals surface area contributed by atoms with Gasteiger partial charge >= 0.3 is 0 Å². The standard InChI is InChI=1S/C19H24N6O/c26-19(17-13-18(22-15-21-17)24-7-3-4-8-24)25-11-9-23(10-12-25)14-16-5-1-2-6-20-16/h1-2,5-6,13,15H,3-4,7-12,14H2. The van der Waals surface area contributed by atoms with Gasteiger partial charge in [-0.2, -0.15) is 0 Å². The molecule has 0 aliphatic carbocycles. The van der Waals surface area contributed by atoms with E-state index in [0.717, 1.165) is 44.2 Å². The van der Waals surface area contributed by atoms with Crippen molar-refractivity contribution in [1.82, 2.24) is 24.8 Å². The molecule has 2 aromatic rings. The van der Waals surface area contributed by atoms with Crippen LogP contribution in [0, 0.1) is 0 Å². The van der Waals surface area contributed by atoms with Crippen LogP contribution in [0.3, 0.4) is 0 Å². The highest BCUT2D eigenvalue weighted by atomic mass is 16.2. The monoisotopic (exact) mass is 352 g/mol. The molecule has 0 spiro atoms. The number of amides is 1. The Labute approximate surface area is 153 Å². The summed E-state index contributed by atoms with van der Waals surface area (Å²) in [5.41, 5.74) is 1.57. The molecule has 2 aromatic heterocycles. The van der Waals surface area contributed by atoms with Crippen LogP contribution >= 0.6 is 0 Å². The third kappa shape index (κ3) is 3.83. The third-order valence-corrected chi connectivity index (χ3v) is 5.07. The van der Waals surface area contributed by atoms with Gasteiger partial charge < -0.3 is 9.80 Å². The summed E-state index contributed by atoms with van der Waals surface area (Å²) in [5, 5.41) is 0. The van der Waals surface area contributed by atoms with Crippen molar-refractivity contribution in [2.45, 2.75) is 19.4 Å². The van der Waals surface area contributed by atoms with Crippen LogP contribution in [0.4, 0.5) is 5.82 Å². The molecule has 0 bridgehead atoms. The Hall–Kier alpha value is -2.54. The van der Waals surface area contributed by atoms with Gasteiger partial charge in [0.05, 0.1) is 5.69 Å². The van der Waals surface area contributed by atoms with Crippen molar-refractivity contribution in [2.75, 3.05) is 44.2 Å². The van der Waals surface area contributed by atoms with Crippen molar-refractivity contribution in [3.63, 3.8) is 0 Å². The second-order valence-corrected chi connectivity index (χ2v) is 6.85. The van der Waals surface area contributed by atoms with Crippen LogP contribution in [0.25, 0.3) is 0 Å². The molecular weight excluding hydrogens is 328 g/mol. The van der Waals surface area contributed by atoms with Gasteiger partial charge in [-0.1, -0.05) is 6.07 Å². The summed E-state index contributed by atoms with van der Waals surface area (Å²) in [6, 6.07) is 7.82. The van der Waals surface area contributed by atoms with Gasteiger partial charge in [0.2, 0.25) is 0 Å². The quantitative estimate of drug-likeness (QED) is 0.829. The summed E-state index contributed by atoms with van der Waals surface area (Å²) in [7, 11) is 0. The van der Waals surface area contributed by atoms with E-state index in [2.05, 4.69) is 24.8 Å². The number of carbonyl (C=O) groups excluding carboxylic acids is 1. The van der Waals surface area contributed by atoms with Crippen molar-refractivity contribution < 1.29 is 4.79 Å². The van der Waals surface area contributed by atoms with E-state index in [1.54, 1.807) is 0 Å². The zero-order chi connectivity index (χ0) is 17.8. The van der Waals surface area contributed by atoms with Crippen molar-refractivity contribution in [3.05, 3.63) is 48.2 Å². The number of anilines is 1. The molecule has 0 N–H and O–H groups in total. The highest BCUT2D eigenvalue weighted by Gasteiger charge is 2.24. The van der Waals surface area contributed by atoms with Crippen LogP contribution in [0.5, 0.6) is 0 Å². The smallest absolute Gasteiger partial charge is 0.272 e. The Morgan fingerprint density at radius 1 is 0.962 bits per heavy atom. The maximum Gasteiger partial charge on any atom is 0.272 e. The Kier molecular flexibility index (Phi) is 5.06. The van der Waals surface area contributed by atoms with Crippen LogP contribution in [0.15, 0.2) is 36.8 Å². The molecule has 0 atom stereocenters. The lowest BCUT2D eigenvalue weighted by Crippen LogP contribution is -2.48. The maximum absolute atomic E-state index is 12.8. The van der Waals surface area contributed by atoms with Gasteiger partial charge in [0.25, 0.3) is 5.91 Å². The van der Waals surface area contributed by atoms with E-state index in [1.807, 2.05) is 35.4 Å². The first-order valence-electron chi connectivity index (χ1n) is 9.28. The fourth-order valence-corrected chi connectivity index (χ4v) is 3.57. The van der Waals surface area contributed by atoms with Gasteiger partial charge in [-0.25, -0.2) is 9.97 Å². The molecule has 2 aliphatic rings. The Morgan fingerprint density at radius 3 is 2.50 bits per heavy atom. The van der Waals surface area contributed by atoms with Gasteiger partial charge in [-0.05, 0) is 25.0 Å². The summed E-state index contributed by atoms with van der Waals surface area (Å²) in [4.78, 5) is 32.2. The van der Waals surface area contributed by atoms with E-state index < -0.39 is 0 Å². The van der Waals surface area contributed by atoms with E-state index in [1.165, 1.54) is 19.2 Å². The zero-order valence-electron chi connectivity index (χ0n) is 14.9. The van der Waals surface area contributed by atoms with Crippen molar-refractivity contribution >= 4 is 11.7 Å². The van der Waals surface area contributed by atoms with Crippen LogP contribution < -0.4 is 4.90 Å². The van der Waals surface area contributed by atoms with Crippen LogP contribution in [0.2, 0.25) is 0 Å². The minimum Gasteiger partial charge on any atom is -0.357 e. The summed E-state index contributed by atoms with van der Waals surface area (Å²) in [6.45, 7) is 5.99. The molecule has 7 nitrogen and oxygen atoms in total. The first-order chi connectivity index (χ1) is 12.8. The average molecular weight is 352 g/mol. The summed E-state index contributed by atoms with van der Waals surface area (Å²) < 4.78 is 0. The molecule has 0 saturated carbocycles. The second-order valence-electron chi connectivity index (χ2n) is 6.85. The first kappa shape index (κ1) is 16.9. The average Bonchev–Trinajstić information content (AvgIpc) is 3.24. The van der Waals surface area contributed by atoms with Gasteiger partial charge in [0, 0.05) is 58.1 Å². The molecular formula is C19H24N6O. The molecule has 7 heteroatoms. The normalized spacial score (nSPS) is 18.3. The molecule has 0 radical (unpaired) electrons. The summed E-state index contributed by atoms with van der Waals surface area (Å²) in [6.07, 6.45) is 5.71. The molecule has 0 unspecified atom stereocenters. The number of rotatable bonds is 4. The summed E-state index contributed by atoms with van der Waals surface area (Å²) >= 11 is 0. The zero-order valence-corrected chi connectivity index (χ0v) is 14.9. The van der Waals surface area contributed by atoms with E-state index in [4.69, 9.17) is 0 Å². The van der Waals surface area contributed by atoms with Crippen LogP contribution in [0.1, 0.15) is 29.0 Å². The molecule has 2 saturated heterocycles. The molecule has 2 fully saturated rings. The lowest BCUT2D eigenvalue weighted by Gasteiger charge is -2.34. The molecule has 4 rings (SSSR count). The minimum atomic E-state index is 0.00494. The number of carbonyl (C=O) groups is 1. The topological polar surface area (TPSA) is 65.5 Å². The Bertz CT molecular complexity index is 739. The van der Waals surface area contributed by atoms with Crippen molar-refractivity contribution in [2.24, 2.45) is 0 Å². The van der Waals surface area contributed by atoms with Crippen molar-refractivity contribution in [3.8, 4) is 0 Å². The number of hydrogen-bond acceptors (Lipinski definition) is 6. The lowest BCUT2D eigenvalue weighted by molar-refractivity contribution is 0.0621. The fraction of sp³-hybridized carbons (Fsp3) is 0.474. The number of aromatic nitrogens is 3. The minimum absolute atomic E-state index is 0.00494. The summed E-state index contributed by atoms with van der Waals surface area (Å²) in [5.74, 6) is 0.875. The third-order valence-electron chi connectivity index (χ3n) is 5.07. The second kappa shape index (κ2) is 7.78. The molecule has 0 aromatic carbocycles. The van der Waals surface area contributed by atoms with Crippen LogP contribution in [-0.4, -0.2) is 69.9 Å². The van der Waals surface area contributed by atoms with E-state index in [9.17, 15) is 4.79 Å². The predicted molar refractivity (Wildman–Crippen MR) is 98.9 cm³/mol. The van der Waals surface area contributed by atoms with Gasteiger partial charge in [-0.3, -0.25) is 14.7 Å². The van der Waals surface area contributed by atoms with E-state index in [-0.39, 0.29) is 5.91 Å². The molecule has 136 valence electrons.